The van der Waals surface area contributed by atoms with Crippen molar-refractivity contribution in [1.82, 2.24) is 20.3 Å². The van der Waals surface area contributed by atoms with Crippen LogP contribution in [0.5, 0.6) is 23.1 Å². The van der Waals surface area contributed by atoms with E-state index in [2.05, 4.69) is 25.6 Å². The Morgan fingerprint density at radius 1 is 0.975 bits per heavy atom. The average molecular weight is 566 g/mol. The van der Waals surface area contributed by atoms with Crippen molar-refractivity contribution >= 4 is 39.4 Å². The van der Waals surface area contributed by atoms with Gasteiger partial charge in [0.15, 0.2) is 16.6 Å². The first-order valence-corrected chi connectivity index (χ1v) is 13.2. The molecule has 1 atom stereocenters. The summed E-state index contributed by atoms with van der Waals surface area (Å²) in [5, 5.41) is 6.53. The summed E-state index contributed by atoms with van der Waals surface area (Å²) in [4.78, 5) is 39.8. The Balaban J connectivity index is 1.60. The van der Waals surface area contributed by atoms with Crippen LogP contribution in [0.3, 0.4) is 0 Å². The Morgan fingerprint density at radius 2 is 1.65 bits per heavy atom. The van der Waals surface area contributed by atoms with Crippen molar-refractivity contribution in [2.24, 2.45) is 0 Å². The number of hydrogen-bond donors (Lipinski definition) is 2. The molecular weight excluding hydrogens is 534 g/mol. The zero-order valence-electron chi connectivity index (χ0n) is 23.3. The van der Waals surface area contributed by atoms with Crippen LogP contribution in [0.4, 0.5) is 9.93 Å². The molecule has 0 spiro atoms. The summed E-state index contributed by atoms with van der Waals surface area (Å²) >= 11 is 1.36. The molecule has 0 aliphatic rings. The molecule has 2 aromatic carbocycles. The van der Waals surface area contributed by atoms with Gasteiger partial charge in [0.1, 0.15) is 23.7 Å². The Bertz CT molecular complexity index is 1510. The van der Waals surface area contributed by atoms with Crippen LogP contribution in [0.25, 0.3) is 10.9 Å². The molecule has 0 saturated carbocycles. The van der Waals surface area contributed by atoms with E-state index in [1.54, 1.807) is 71.4 Å². The highest BCUT2D eigenvalue weighted by Gasteiger charge is 2.27. The number of alkyl carbamates (subject to hydrolysis) is 1. The second-order valence-corrected chi connectivity index (χ2v) is 11.0. The van der Waals surface area contributed by atoms with Gasteiger partial charge in [0.2, 0.25) is 5.88 Å². The number of thiazole rings is 1. The van der Waals surface area contributed by atoms with Gasteiger partial charge in [0.05, 0.1) is 30.8 Å². The van der Waals surface area contributed by atoms with Crippen LogP contribution in [-0.2, 0) is 9.53 Å². The minimum absolute atomic E-state index is 0.314. The molecule has 0 radical (unpaired) electrons. The van der Waals surface area contributed by atoms with E-state index in [9.17, 15) is 9.59 Å². The summed E-state index contributed by atoms with van der Waals surface area (Å²) in [6.45, 7) is 9.03. The number of anilines is 1. The van der Waals surface area contributed by atoms with Crippen molar-refractivity contribution in [3.05, 3.63) is 58.9 Å². The lowest BCUT2D eigenvalue weighted by atomic mass is 10.1. The molecule has 0 fully saturated rings. The number of aryl methyl sites for hydroxylation is 2. The average Bonchev–Trinajstić information content (AvgIpc) is 3.22. The van der Waals surface area contributed by atoms with Crippen LogP contribution in [-0.4, -0.2) is 46.8 Å². The minimum atomic E-state index is -1.05. The number of fused-ring (bicyclic) bond motifs is 1. The van der Waals surface area contributed by atoms with Gasteiger partial charge < -0.3 is 24.3 Å². The van der Waals surface area contributed by atoms with E-state index in [0.717, 1.165) is 10.6 Å². The van der Waals surface area contributed by atoms with E-state index in [0.29, 0.717) is 44.7 Å². The number of methoxy groups -OCH3 is 2. The molecule has 210 valence electrons. The Labute approximate surface area is 235 Å². The number of carbonyl (C=O) groups is 2. The number of nitrogens with one attached hydrogen (secondary N) is 2. The number of aromatic nitrogens is 3. The molecule has 2 N–H and O–H groups in total. The van der Waals surface area contributed by atoms with Crippen molar-refractivity contribution < 1.29 is 28.5 Å². The predicted molar refractivity (Wildman–Crippen MR) is 151 cm³/mol. The van der Waals surface area contributed by atoms with Crippen molar-refractivity contribution in [1.29, 1.82) is 0 Å². The van der Waals surface area contributed by atoms with Gasteiger partial charge in [-0.05, 0) is 58.4 Å². The van der Waals surface area contributed by atoms with Crippen LogP contribution < -0.4 is 24.8 Å². The fourth-order valence-corrected chi connectivity index (χ4v) is 4.53. The van der Waals surface area contributed by atoms with E-state index in [-0.39, 0.29) is 0 Å². The summed E-state index contributed by atoms with van der Waals surface area (Å²) in [7, 11) is 3.09. The third-order valence-electron chi connectivity index (χ3n) is 5.71. The quantitative estimate of drug-likeness (QED) is 0.275. The highest BCUT2D eigenvalue weighted by atomic mass is 32.1. The molecule has 11 nitrogen and oxygen atoms in total. The van der Waals surface area contributed by atoms with Crippen molar-refractivity contribution in [3.8, 4) is 23.1 Å². The first-order valence-electron chi connectivity index (χ1n) is 12.4. The maximum absolute atomic E-state index is 13.3. The van der Waals surface area contributed by atoms with E-state index in [4.69, 9.17) is 18.9 Å². The Kier molecular flexibility index (Phi) is 8.38. The Morgan fingerprint density at radius 3 is 2.25 bits per heavy atom. The maximum Gasteiger partial charge on any atom is 0.408 e. The van der Waals surface area contributed by atoms with E-state index in [1.165, 1.54) is 17.7 Å². The SMILES string of the molecule is COc1cc2ncnc(Oc3ccc([C@@H](NC(=O)OC(C)(C)C)C(=O)Nc4nc(C)c(C)s4)cc3)c2cc1OC. The largest absolute Gasteiger partial charge is 0.493 e. The monoisotopic (exact) mass is 565 g/mol. The normalized spacial score (nSPS) is 12.0. The van der Waals surface area contributed by atoms with Gasteiger partial charge >= 0.3 is 6.09 Å². The molecule has 2 amide bonds. The molecule has 12 heteroatoms. The maximum atomic E-state index is 13.3. The standard InChI is InChI=1S/C28H31N5O6S/c1-15-16(2)40-26(31-15)33-24(34)23(32-27(35)39-28(3,4)5)17-8-10-18(11-9-17)38-25-19-12-21(36-6)22(37-7)13-20(19)29-14-30-25/h8-14,23H,1-7H3,(H,32,35)(H,31,33,34)/t23-/m1/s1. The summed E-state index contributed by atoms with van der Waals surface area (Å²) in [5.41, 5.74) is 1.22. The second kappa shape index (κ2) is 11.7. The molecule has 0 saturated heterocycles. The first-order chi connectivity index (χ1) is 19.0. The fraction of sp³-hybridized carbons (Fsp3) is 0.321. The molecule has 0 bridgehead atoms. The van der Waals surface area contributed by atoms with Gasteiger partial charge in [-0.2, -0.15) is 0 Å². The third kappa shape index (κ3) is 6.75. The molecule has 0 aliphatic heterocycles. The van der Waals surface area contributed by atoms with Crippen LogP contribution in [0, 0.1) is 13.8 Å². The molecule has 2 aromatic heterocycles. The van der Waals surface area contributed by atoms with Crippen LogP contribution in [0.15, 0.2) is 42.7 Å². The molecule has 4 rings (SSSR count). The number of hydrogen-bond acceptors (Lipinski definition) is 10. The lowest BCUT2D eigenvalue weighted by molar-refractivity contribution is -0.118. The third-order valence-corrected chi connectivity index (χ3v) is 6.70. The molecular formula is C28H31N5O6S. The number of benzene rings is 2. The highest BCUT2D eigenvalue weighted by molar-refractivity contribution is 7.15. The Hall–Kier alpha value is -4.45. The van der Waals surface area contributed by atoms with Crippen LogP contribution >= 0.6 is 11.3 Å². The molecule has 0 aliphatic carbocycles. The van der Waals surface area contributed by atoms with E-state index >= 15 is 0 Å². The molecule has 0 unspecified atom stereocenters. The van der Waals surface area contributed by atoms with E-state index in [1.807, 2.05) is 13.8 Å². The topological polar surface area (TPSA) is 134 Å². The van der Waals surface area contributed by atoms with Gasteiger partial charge in [-0.1, -0.05) is 12.1 Å². The zero-order chi connectivity index (χ0) is 29.0. The van der Waals surface area contributed by atoms with Crippen molar-refractivity contribution in [2.45, 2.75) is 46.3 Å². The smallest absolute Gasteiger partial charge is 0.408 e. The van der Waals surface area contributed by atoms with Crippen LogP contribution in [0.1, 0.15) is 42.9 Å². The van der Waals surface area contributed by atoms with Gasteiger partial charge in [-0.15, -0.1) is 11.3 Å². The van der Waals surface area contributed by atoms with Gasteiger partial charge in [-0.3, -0.25) is 10.1 Å². The lowest BCUT2D eigenvalue weighted by Gasteiger charge is -2.23. The number of nitrogens with zero attached hydrogens (tertiary/aromatic N) is 3. The number of rotatable bonds is 8. The fourth-order valence-electron chi connectivity index (χ4n) is 3.71. The summed E-state index contributed by atoms with van der Waals surface area (Å²) in [5.74, 6) is 1.36. The highest BCUT2D eigenvalue weighted by Crippen LogP contribution is 2.36. The molecule has 40 heavy (non-hydrogen) atoms. The zero-order valence-corrected chi connectivity index (χ0v) is 24.1. The molecule has 4 aromatic rings. The van der Waals surface area contributed by atoms with E-state index < -0.39 is 23.6 Å². The summed E-state index contributed by atoms with van der Waals surface area (Å²) in [6.07, 6.45) is 0.668. The van der Waals surface area contributed by atoms with Crippen molar-refractivity contribution in [2.75, 3.05) is 19.5 Å². The van der Waals surface area contributed by atoms with Crippen LogP contribution in [0.2, 0.25) is 0 Å². The summed E-state index contributed by atoms with van der Waals surface area (Å²) in [6, 6.07) is 9.15. The molecule has 2 heterocycles. The number of carbonyl (C=O) groups excluding carboxylic acids is 2. The van der Waals surface area contributed by atoms with Gasteiger partial charge in [0.25, 0.3) is 5.91 Å². The second-order valence-electron chi connectivity index (χ2n) is 9.80. The number of ether oxygens (including phenoxy) is 4. The summed E-state index contributed by atoms with van der Waals surface area (Å²) < 4.78 is 22.2. The van der Waals surface area contributed by atoms with Crippen molar-refractivity contribution in [3.63, 3.8) is 0 Å². The lowest BCUT2D eigenvalue weighted by Crippen LogP contribution is -2.40. The van der Waals surface area contributed by atoms with Gasteiger partial charge in [-0.25, -0.2) is 19.7 Å². The van der Waals surface area contributed by atoms with Gasteiger partial charge in [0, 0.05) is 10.9 Å². The minimum Gasteiger partial charge on any atom is -0.493 e. The predicted octanol–water partition coefficient (Wildman–Crippen LogP) is 5.72. The first kappa shape index (κ1) is 28.6. The number of amides is 2.